The SMILES string of the molecule is COc1ccc(OC)c(NC(=O)C(C)Oc2ccc(Br)cc2F)c1. The van der Waals surface area contributed by atoms with E-state index in [-0.39, 0.29) is 5.75 Å². The zero-order chi connectivity index (χ0) is 17.7. The lowest BCUT2D eigenvalue weighted by molar-refractivity contribution is -0.122. The fourth-order valence-electron chi connectivity index (χ4n) is 1.96. The van der Waals surface area contributed by atoms with Crippen molar-refractivity contribution in [2.24, 2.45) is 0 Å². The van der Waals surface area contributed by atoms with Gasteiger partial charge in [-0.25, -0.2) is 4.39 Å². The van der Waals surface area contributed by atoms with Gasteiger partial charge >= 0.3 is 0 Å². The summed E-state index contributed by atoms with van der Waals surface area (Å²) in [6.45, 7) is 1.53. The second-order valence-corrected chi connectivity index (χ2v) is 5.81. The summed E-state index contributed by atoms with van der Waals surface area (Å²) in [5, 5.41) is 2.69. The van der Waals surface area contributed by atoms with Crippen LogP contribution in [0, 0.1) is 5.82 Å². The minimum Gasteiger partial charge on any atom is -0.497 e. The van der Waals surface area contributed by atoms with E-state index in [0.717, 1.165) is 0 Å². The van der Waals surface area contributed by atoms with Crippen LogP contribution < -0.4 is 19.5 Å². The van der Waals surface area contributed by atoms with Crippen LogP contribution in [-0.4, -0.2) is 26.2 Å². The Labute approximate surface area is 147 Å². The maximum Gasteiger partial charge on any atom is 0.265 e. The van der Waals surface area contributed by atoms with E-state index in [2.05, 4.69) is 21.2 Å². The summed E-state index contributed by atoms with van der Waals surface area (Å²) in [7, 11) is 3.02. The lowest BCUT2D eigenvalue weighted by atomic mass is 10.2. The number of benzene rings is 2. The molecule has 0 bridgehead atoms. The van der Waals surface area contributed by atoms with E-state index >= 15 is 0 Å². The molecule has 0 radical (unpaired) electrons. The Bertz CT molecular complexity index is 739. The van der Waals surface area contributed by atoms with Gasteiger partial charge in [-0.15, -0.1) is 0 Å². The molecule has 0 aliphatic heterocycles. The van der Waals surface area contributed by atoms with Gasteiger partial charge in [-0.1, -0.05) is 15.9 Å². The first kappa shape index (κ1) is 18.1. The van der Waals surface area contributed by atoms with Crippen LogP contribution in [-0.2, 0) is 4.79 Å². The lowest BCUT2D eigenvalue weighted by Crippen LogP contribution is -2.30. The van der Waals surface area contributed by atoms with E-state index < -0.39 is 17.8 Å². The molecule has 1 amide bonds. The number of ether oxygens (including phenoxy) is 3. The van der Waals surface area contributed by atoms with Gasteiger partial charge < -0.3 is 19.5 Å². The van der Waals surface area contributed by atoms with Gasteiger partial charge in [0.1, 0.15) is 11.5 Å². The number of methoxy groups -OCH3 is 2. The Morgan fingerprint density at radius 1 is 1.12 bits per heavy atom. The number of carbonyl (C=O) groups excluding carboxylic acids is 1. The van der Waals surface area contributed by atoms with Crippen molar-refractivity contribution in [3.8, 4) is 17.2 Å². The molecule has 24 heavy (non-hydrogen) atoms. The zero-order valence-electron chi connectivity index (χ0n) is 13.4. The second kappa shape index (κ2) is 8.01. The molecule has 2 aromatic rings. The smallest absolute Gasteiger partial charge is 0.265 e. The fourth-order valence-corrected chi connectivity index (χ4v) is 2.29. The number of amides is 1. The summed E-state index contributed by atoms with van der Waals surface area (Å²) in [5.41, 5.74) is 0.438. The molecule has 1 atom stereocenters. The highest BCUT2D eigenvalue weighted by molar-refractivity contribution is 9.10. The van der Waals surface area contributed by atoms with Gasteiger partial charge in [0.25, 0.3) is 5.91 Å². The molecule has 1 N–H and O–H groups in total. The molecule has 7 heteroatoms. The molecule has 128 valence electrons. The molecule has 0 saturated carbocycles. The summed E-state index contributed by atoms with van der Waals surface area (Å²) >= 11 is 3.16. The molecule has 0 saturated heterocycles. The van der Waals surface area contributed by atoms with Crippen molar-refractivity contribution in [1.29, 1.82) is 0 Å². The lowest BCUT2D eigenvalue weighted by Gasteiger charge is -2.17. The Morgan fingerprint density at radius 2 is 1.83 bits per heavy atom. The monoisotopic (exact) mass is 397 g/mol. The quantitative estimate of drug-likeness (QED) is 0.799. The molecule has 5 nitrogen and oxygen atoms in total. The predicted octanol–water partition coefficient (Wildman–Crippen LogP) is 4.01. The number of halogens is 2. The molecule has 0 aliphatic carbocycles. The Balaban J connectivity index is 2.11. The highest BCUT2D eigenvalue weighted by Crippen LogP contribution is 2.29. The van der Waals surface area contributed by atoms with E-state index in [1.165, 1.54) is 33.3 Å². The van der Waals surface area contributed by atoms with Crippen LogP contribution in [0.1, 0.15) is 6.92 Å². The van der Waals surface area contributed by atoms with Crippen LogP contribution in [0.25, 0.3) is 0 Å². The molecule has 1 unspecified atom stereocenters. The minimum atomic E-state index is -0.906. The maximum absolute atomic E-state index is 13.8. The second-order valence-electron chi connectivity index (χ2n) is 4.89. The van der Waals surface area contributed by atoms with Crippen molar-refractivity contribution in [2.45, 2.75) is 13.0 Å². The van der Waals surface area contributed by atoms with E-state index in [0.29, 0.717) is 21.7 Å². The summed E-state index contributed by atoms with van der Waals surface area (Å²) in [6.07, 6.45) is -0.906. The number of hydrogen-bond acceptors (Lipinski definition) is 4. The number of carbonyl (C=O) groups is 1. The van der Waals surface area contributed by atoms with E-state index in [9.17, 15) is 9.18 Å². The molecular formula is C17H17BrFNO4. The van der Waals surface area contributed by atoms with Gasteiger partial charge in [0, 0.05) is 10.5 Å². The third-order valence-corrected chi connectivity index (χ3v) is 3.72. The number of hydrogen-bond donors (Lipinski definition) is 1. The van der Waals surface area contributed by atoms with Gasteiger partial charge in [-0.2, -0.15) is 0 Å². The molecule has 2 rings (SSSR count). The van der Waals surface area contributed by atoms with Gasteiger partial charge in [0.2, 0.25) is 0 Å². The van der Waals surface area contributed by atoms with Crippen molar-refractivity contribution in [2.75, 3.05) is 19.5 Å². The molecule has 0 aromatic heterocycles. The van der Waals surface area contributed by atoms with Crippen molar-refractivity contribution in [3.05, 3.63) is 46.7 Å². The molecule has 0 spiro atoms. The van der Waals surface area contributed by atoms with Crippen molar-refractivity contribution >= 4 is 27.5 Å². The Kier molecular flexibility index (Phi) is 6.03. The predicted molar refractivity (Wildman–Crippen MR) is 92.4 cm³/mol. The number of rotatable bonds is 6. The van der Waals surface area contributed by atoms with Crippen LogP contribution in [0.15, 0.2) is 40.9 Å². The molecule has 0 fully saturated rings. The Hall–Kier alpha value is -2.28. The van der Waals surface area contributed by atoms with Crippen LogP contribution in [0.4, 0.5) is 10.1 Å². The first-order valence-corrected chi connectivity index (χ1v) is 7.88. The highest BCUT2D eigenvalue weighted by Gasteiger charge is 2.18. The highest BCUT2D eigenvalue weighted by atomic mass is 79.9. The third-order valence-electron chi connectivity index (χ3n) is 3.23. The van der Waals surface area contributed by atoms with Gasteiger partial charge in [-0.05, 0) is 37.3 Å². The zero-order valence-corrected chi connectivity index (χ0v) is 15.0. The third kappa shape index (κ3) is 4.38. The van der Waals surface area contributed by atoms with Crippen molar-refractivity contribution in [3.63, 3.8) is 0 Å². The first-order chi connectivity index (χ1) is 11.4. The van der Waals surface area contributed by atoms with Crippen LogP contribution in [0.5, 0.6) is 17.2 Å². The van der Waals surface area contributed by atoms with E-state index in [1.54, 1.807) is 24.3 Å². The average Bonchev–Trinajstić information content (AvgIpc) is 2.57. The van der Waals surface area contributed by atoms with Gasteiger partial charge in [0.15, 0.2) is 17.7 Å². The normalized spacial score (nSPS) is 11.5. The molecule has 2 aromatic carbocycles. The standard InChI is InChI=1S/C17H17BrFNO4/c1-10(24-15-6-4-11(18)8-13(15)19)17(21)20-14-9-12(22-2)5-7-16(14)23-3/h4-10H,1-3H3,(H,20,21). The van der Waals surface area contributed by atoms with Gasteiger partial charge in [-0.3, -0.25) is 4.79 Å². The van der Waals surface area contributed by atoms with E-state index in [1.807, 2.05) is 0 Å². The van der Waals surface area contributed by atoms with Crippen molar-refractivity contribution in [1.82, 2.24) is 0 Å². The first-order valence-electron chi connectivity index (χ1n) is 7.09. The van der Waals surface area contributed by atoms with Crippen LogP contribution in [0.3, 0.4) is 0 Å². The minimum absolute atomic E-state index is 0.00143. The molecular weight excluding hydrogens is 381 g/mol. The van der Waals surface area contributed by atoms with E-state index in [4.69, 9.17) is 14.2 Å². The van der Waals surface area contributed by atoms with Gasteiger partial charge in [0.05, 0.1) is 19.9 Å². The summed E-state index contributed by atoms with van der Waals surface area (Å²) < 4.78 is 30.1. The number of nitrogens with one attached hydrogen (secondary N) is 1. The topological polar surface area (TPSA) is 56.8 Å². The molecule has 0 heterocycles. The summed E-state index contributed by atoms with van der Waals surface area (Å²) in [4.78, 5) is 12.3. The largest absolute Gasteiger partial charge is 0.497 e. The molecule has 0 aliphatic rings. The summed E-state index contributed by atoms with van der Waals surface area (Å²) in [5.74, 6) is 0.0510. The summed E-state index contributed by atoms with van der Waals surface area (Å²) in [6, 6.07) is 9.37. The van der Waals surface area contributed by atoms with Crippen molar-refractivity contribution < 1.29 is 23.4 Å². The maximum atomic E-state index is 13.8. The van der Waals surface area contributed by atoms with Crippen LogP contribution in [0.2, 0.25) is 0 Å². The Morgan fingerprint density at radius 3 is 2.46 bits per heavy atom. The fraction of sp³-hybridized carbons (Fsp3) is 0.235. The number of anilines is 1. The van der Waals surface area contributed by atoms with Crippen LogP contribution >= 0.6 is 15.9 Å². The average molecular weight is 398 g/mol.